The fourth-order valence-corrected chi connectivity index (χ4v) is 3.97. The number of fused-ring (bicyclic) bond motifs is 1. The molecule has 0 unspecified atom stereocenters. The first-order valence-corrected chi connectivity index (χ1v) is 10.2. The van der Waals surface area contributed by atoms with Crippen molar-refractivity contribution in [2.75, 3.05) is 11.9 Å². The minimum Gasteiger partial charge on any atom is -0.365 e. The first-order valence-electron chi connectivity index (χ1n) is 9.28. The second-order valence-corrected chi connectivity index (χ2v) is 7.73. The quantitative estimate of drug-likeness (QED) is 0.365. The number of amides is 3. The van der Waals surface area contributed by atoms with Crippen molar-refractivity contribution in [1.82, 2.24) is 14.7 Å². The van der Waals surface area contributed by atoms with Crippen molar-refractivity contribution in [1.29, 1.82) is 0 Å². The summed E-state index contributed by atoms with van der Waals surface area (Å²) in [5, 5.41) is 5.94. The number of nitrogens with two attached hydrogens (primary N) is 1. The van der Waals surface area contributed by atoms with Crippen molar-refractivity contribution < 1.29 is 22.8 Å². The van der Waals surface area contributed by atoms with E-state index >= 15 is 0 Å². The van der Waals surface area contributed by atoms with Crippen molar-refractivity contribution in [3.05, 3.63) is 65.1 Å². The zero-order chi connectivity index (χ0) is 22.9. The van der Waals surface area contributed by atoms with Crippen LogP contribution in [0.15, 0.2) is 60.2 Å². The molecule has 1 aromatic carbocycles. The minimum atomic E-state index is -4.49. The van der Waals surface area contributed by atoms with Gasteiger partial charge in [0.05, 0.1) is 16.8 Å². The number of primary amides is 1. The fraction of sp³-hybridized carbons (Fsp3) is 0.0952. The predicted octanol–water partition coefficient (Wildman–Crippen LogP) is 4.93. The fourth-order valence-electron chi connectivity index (χ4n) is 3.20. The van der Waals surface area contributed by atoms with Crippen molar-refractivity contribution in [2.24, 2.45) is 5.73 Å². The molecule has 4 rings (SSSR count). The van der Waals surface area contributed by atoms with Gasteiger partial charge >= 0.3 is 12.2 Å². The van der Waals surface area contributed by atoms with Crippen LogP contribution in [0.2, 0.25) is 0 Å². The lowest BCUT2D eigenvalue weighted by atomic mass is 10.1. The number of nitrogens with zero attached hydrogens (tertiary/aromatic N) is 2. The molecule has 33 heavy (non-hydrogen) atoms. The largest absolute Gasteiger partial charge is 0.405 e. The highest BCUT2D eigenvalue weighted by atomic mass is 35.5. The number of nitrogens with one attached hydrogen (secondary N) is 2. The van der Waals surface area contributed by atoms with Crippen LogP contribution in [0.25, 0.3) is 28.0 Å². The van der Waals surface area contributed by atoms with Crippen molar-refractivity contribution in [3.63, 3.8) is 0 Å². The molecule has 4 N–H and O–H groups in total. The van der Waals surface area contributed by atoms with Gasteiger partial charge in [0.2, 0.25) is 0 Å². The number of aromatic nitrogens is 2. The minimum absolute atomic E-state index is 0. The maximum atomic E-state index is 12.3. The lowest BCUT2D eigenvalue weighted by Gasteiger charge is -2.11. The second kappa shape index (κ2) is 9.51. The molecule has 0 saturated carbocycles. The van der Waals surface area contributed by atoms with Gasteiger partial charge in [0.25, 0.3) is 5.91 Å². The molecule has 4 aromatic rings. The molecule has 3 aromatic heterocycles. The van der Waals surface area contributed by atoms with Crippen LogP contribution in [0.3, 0.4) is 0 Å². The van der Waals surface area contributed by atoms with Crippen LogP contribution in [-0.2, 0) is 0 Å². The number of benzene rings is 1. The highest BCUT2D eigenvalue weighted by molar-refractivity contribution is 7.12. The zero-order valence-corrected chi connectivity index (χ0v) is 18.4. The number of anilines is 1. The number of imidazole rings is 1. The van der Waals surface area contributed by atoms with Crippen molar-refractivity contribution >= 4 is 47.0 Å². The number of pyridine rings is 1. The number of hydrogen-bond donors (Lipinski definition) is 3. The Balaban J connectivity index is 0.00000306. The Labute approximate surface area is 195 Å². The molecular weight excluding hydrogens is 479 g/mol. The smallest absolute Gasteiger partial charge is 0.365 e. The van der Waals surface area contributed by atoms with Crippen molar-refractivity contribution in [2.45, 2.75) is 6.18 Å². The molecule has 0 fully saturated rings. The monoisotopic (exact) mass is 495 g/mol. The summed E-state index contributed by atoms with van der Waals surface area (Å²) in [7, 11) is 0. The van der Waals surface area contributed by atoms with E-state index in [9.17, 15) is 22.8 Å². The van der Waals surface area contributed by atoms with E-state index < -0.39 is 24.7 Å². The van der Waals surface area contributed by atoms with E-state index in [4.69, 9.17) is 5.73 Å². The van der Waals surface area contributed by atoms with E-state index in [1.54, 1.807) is 47.4 Å². The average Bonchev–Trinajstić information content (AvgIpc) is 3.39. The molecule has 0 aliphatic heterocycles. The summed E-state index contributed by atoms with van der Waals surface area (Å²) in [6.45, 7) is -1.42. The molecule has 0 radical (unpaired) electrons. The number of carbonyl (C=O) groups is 2. The summed E-state index contributed by atoms with van der Waals surface area (Å²) in [4.78, 5) is 28.2. The molecule has 172 valence electrons. The molecule has 0 aliphatic rings. The summed E-state index contributed by atoms with van der Waals surface area (Å²) in [6.07, 6.45) is -1.05. The number of urea groups is 1. The van der Waals surface area contributed by atoms with Gasteiger partial charge in [-0.3, -0.25) is 9.20 Å². The van der Waals surface area contributed by atoms with Gasteiger partial charge in [0.1, 0.15) is 12.2 Å². The number of rotatable bonds is 5. The first kappa shape index (κ1) is 24.1. The number of alkyl halides is 3. The molecule has 0 atom stereocenters. The SMILES string of the molecule is Cl.NC(=O)c1sccc1-c1ccn2c(-c3cccc(NC(=O)NCC(F)(F)F)c3)cnc2c1. The van der Waals surface area contributed by atoms with Gasteiger partial charge in [-0.05, 0) is 41.3 Å². The Morgan fingerprint density at radius 2 is 1.91 bits per heavy atom. The first-order chi connectivity index (χ1) is 15.2. The highest BCUT2D eigenvalue weighted by Crippen LogP contribution is 2.30. The van der Waals surface area contributed by atoms with Gasteiger partial charge in [0.15, 0.2) is 0 Å². The Morgan fingerprint density at radius 3 is 2.64 bits per heavy atom. The number of thiophene rings is 1. The van der Waals surface area contributed by atoms with Gasteiger partial charge < -0.3 is 16.4 Å². The van der Waals surface area contributed by atoms with Gasteiger partial charge in [-0.2, -0.15) is 13.2 Å². The summed E-state index contributed by atoms with van der Waals surface area (Å²) >= 11 is 1.27. The number of carbonyl (C=O) groups excluding carboxylic acids is 2. The van der Waals surface area contributed by atoms with E-state index in [0.29, 0.717) is 27.5 Å². The van der Waals surface area contributed by atoms with Gasteiger partial charge in [0, 0.05) is 23.0 Å². The lowest BCUT2D eigenvalue weighted by molar-refractivity contribution is -0.122. The van der Waals surface area contributed by atoms with Crippen LogP contribution >= 0.6 is 23.7 Å². The number of halogens is 4. The third-order valence-corrected chi connectivity index (χ3v) is 5.51. The van der Waals surface area contributed by atoms with Gasteiger partial charge in [-0.25, -0.2) is 9.78 Å². The van der Waals surface area contributed by atoms with Crippen LogP contribution in [0.5, 0.6) is 0 Å². The van der Waals surface area contributed by atoms with Crippen LogP contribution in [0, 0.1) is 0 Å². The Hall–Kier alpha value is -3.57. The Bertz CT molecular complexity index is 1320. The van der Waals surface area contributed by atoms with E-state index in [1.807, 2.05) is 22.6 Å². The zero-order valence-electron chi connectivity index (χ0n) is 16.7. The second-order valence-electron chi connectivity index (χ2n) is 6.82. The Kier molecular flexibility index (Phi) is 6.94. The van der Waals surface area contributed by atoms with E-state index in [2.05, 4.69) is 10.3 Å². The maximum absolute atomic E-state index is 12.3. The third-order valence-electron chi connectivity index (χ3n) is 4.58. The molecule has 7 nitrogen and oxygen atoms in total. The molecule has 12 heteroatoms. The lowest BCUT2D eigenvalue weighted by Crippen LogP contribution is -2.36. The van der Waals surface area contributed by atoms with Gasteiger partial charge in [-0.15, -0.1) is 23.7 Å². The molecule has 3 amide bonds. The molecular formula is C21H17ClF3N5O2S. The summed E-state index contributed by atoms with van der Waals surface area (Å²) in [5.74, 6) is -0.498. The van der Waals surface area contributed by atoms with Gasteiger partial charge in [-0.1, -0.05) is 12.1 Å². The summed E-state index contributed by atoms with van der Waals surface area (Å²) in [5.41, 5.74) is 9.33. The van der Waals surface area contributed by atoms with E-state index in [-0.39, 0.29) is 12.4 Å². The molecule has 0 aliphatic carbocycles. The van der Waals surface area contributed by atoms with E-state index in [0.717, 1.165) is 11.1 Å². The topological polar surface area (TPSA) is 102 Å². The van der Waals surface area contributed by atoms with E-state index in [1.165, 1.54) is 11.3 Å². The third kappa shape index (κ3) is 5.44. The van der Waals surface area contributed by atoms with Crippen LogP contribution in [0.1, 0.15) is 9.67 Å². The molecule has 0 bridgehead atoms. The van der Waals surface area contributed by atoms with Crippen molar-refractivity contribution in [3.8, 4) is 22.4 Å². The standard InChI is InChI=1S/C21H16F3N5O2S.ClH/c22-21(23,24)11-27-20(31)28-14-3-1-2-13(8-14)16-10-26-17-9-12(4-6-29(16)17)15-5-7-32-18(15)19(25)30;/h1-10H,11H2,(H2,25,30)(H2,27,28,31);1H. The highest BCUT2D eigenvalue weighted by Gasteiger charge is 2.27. The molecule has 3 heterocycles. The summed E-state index contributed by atoms with van der Waals surface area (Å²) in [6, 6.07) is 11.2. The summed E-state index contributed by atoms with van der Waals surface area (Å²) < 4.78 is 38.6. The number of hydrogen-bond acceptors (Lipinski definition) is 4. The average molecular weight is 496 g/mol. The normalized spacial score (nSPS) is 11.1. The Morgan fingerprint density at radius 1 is 1.12 bits per heavy atom. The molecule has 0 saturated heterocycles. The van der Waals surface area contributed by atoms with Crippen LogP contribution < -0.4 is 16.4 Å². The predicted molar refractivity (Wildman–Crippen MR) is 123 cm³/mol. The van der Waals surface area contributed by atoms with Crippen LogP contribution in [0.4, 0.5) is 23.7 Å². The maximum Gasteiger partial charge on any atom is 0.405 e. The van der Waals surface area contributed by atoms with Crippen LogP contribution in [-0.4, -0.2) is 34.0 Å². The molecule has 0 spiro atoms.